The summed E-state index contributed by atoms with van der Waals surface area (Å²) in [7, 11) is 0. The fourth-order valence-electron chi connectivity index (χ4n) is 2.18. The van der Waals surface area contributed by atoms with Crippen LogP contribution in [-0.4, -0.2) is 52.0 Å². The summed E-state index contributed by atoms with van der Waals surface area (Å²) >= 11 is 0. The van der Waals surface area contributed by atoms with Crippen molar-refractivity contribution >= 4 is 23.7 Å². The number of nitrogens with one attached hydrogen (secondary N) is 2. The topological polar surface area (TPSA) is 185 Å². The monoisotopic (exact) mass is 380 g/mol. The molecular weight excluding hydrogens is 356 g/mol. The van der Waals surface area contributed by atoms with E-state index in [-0.39, 0.29) is 25.0 Å². The average molecular weight is 380 g/mol. The van der Waals surface area contributed by atoms with Gasteiger partial charge in [-0.1, -0.05) is 12.1 Å². The third kappa shape index (κ3) is 7.74. The quantitative estimate of drug-likeness (QED) is 0.288. The molecule has 1 rings (SSSR count). The highest BCUT2D eigenvalue weighted by molar-refractivity contribution is 5.91. The summed E-state index contributed by atoms with van der Waals surface area (Å²) in [4.78, 5) is 46.2. The zero-order chi connectivity index (χ0) is 20.6. The van der Waals surface area contributed by atoms with Crippen LogP contribution in [0.5, 0.6) is 5.75 Å². The molecule has 0 aromatic heterocycles. The molecule has 0 aliphatic rings. The van der Waals surface area contributed by atoms with Gasteiger partial charge in [0.05, 0.1) is 6.04 Å². The first-order valence-electron chi connectivity index (χ1n) is 8.25. The molecular formula is C17H24N4O6. The number of nitrogens with two attached hydrogens (primary N) is 2. The van der Waals surface area contributed by atoms with Gasteiger partial charge < -0.3 is 32.3 Å². The van der Waals surface area contributed by atoms with Gasteiger partial charge in [-0.25, -0.2) is 4.79 Å². The Balaban J connectivity index is 2.61. The van der Waals surface area contributed by atoms with Crippen molar-refractivity contribution in [2.24, 2.45) is 11.5 Å². The van der Waals surface area contributed by atoms with Gasteiger partial charge in [0.1, 0.15) is 17.8 Å². The summed E-state index contributed by atoms with van der Waals surface area (Å²) in [5.74, 6) is -3.14. The van der Waals surface area contributed by atoms with E-state index in [1.54, 1.807) is 12.1 Å². The number of aromatic hydroxyl groups is 1. The number of hydrogen-bond acceptors (Lipinski definition) is 6. The fourth-order valence-corrected chi connectivity index (χ4v) is 2.18. The summed E-state index contributed by atoms with van der Waals surface area (Å²) in [6.45, 7) is 1.38. The Kier molecular flexibility index (Phi) is 8.21. The number of phenols is 1. The van der Waals surface area contributed by atoms with E-state index < -0.39 is 41.8 Å². The maximum atomic E-state index is 12.2. The summed E-state index contributed by atoms with van der Waals surface area (Å²) in [6, 6.07) is 2.64. The molecule has 0 unspecified atom stereocenters. The van der Waals surface area contributed by atoms with Crippen LogP contribution in [0.3, 0.4) is 0 Å². The number of phenolic OH excluding ortho intramolecular Hbond substituents is 1. The normalized spacial score (nSPS) is 13.9. The minimum Gasteiger partial charge on any atom is -0.508 e. The Labute approximate surface area is 155 Å². The van der Waals surface area contributed by atoms with Crippen molar-refractivity contribution in [1.29, 1.82) is 0 Å². The van der Waals surface area contributed by atoms with Crippen molar-refractivity contribution in [1.82, 2.24) is 10.6 Å². The van der Waals surface area contributed by atoms with Crippen molar-refractivity contribution < 1.29 is 29.4 Å². The number of primary amides is 1. The lowest BCUT2D eigenvalue weighted by Crippen LogP contribution is -2.53. The molecule has 1 aromatic rings. The number of carboxylic acid groups (broad SMARTS) is 1. The van der Waals surface area contributed by atoms with Gasteiger partial charge in [-0.2, -0.15) is 0 Å². The van der Waals surface area contributed by atoms with Gasteiger partial charge in [-0.15, -0.1) is 0 Å². The molecule has 0 saturated carbocycles. The molecule has 0 radical (unpaired) electrons. The number of carbonyl (C=O) groups excluding carboxylic acids is 3. The SMILES string of the molecule is C[C@H](NC(=O)[C@@H](N)CCC(N)=O)C(=O)N[C@@H](Cc1ccc(O)cc1)C(=O)O. The van der Waals surface area contributed by atoms with Crippen LogP contribution in [-0.2, 0) is 25.6 Å². The maximum absolute atomic E-state index is 12.2. The Bertz CT molecular complexity index is 691. The molecule has 0 saturated heterocycles. The highest BCUT2D eigenvalue weighted by atomic mass is 16.4. The van der Waals surface area contributed by atoms with Gasteiger partial charge in [0.25, 0.3) is 0 Å². The molecule has 8 N–H and O–H groups in total. The third-order valence-electron chi connectivity index (χ3n) is 3.78. The number of hydrogen-bond donors (Lipinski definition) is 6. The Hall–Kier alpha value is -3.14. The van der Waals surface area contributed by atoms with Crippen LogP contribution < -0.4 is 22.1 Å². The van der Waals surface area contributed by atoms with Gasteiger partial charge in [0, 0.05) is 12.8 Å². The molecule has 10 heteroatoms. The lowest BCUT2D eigenvalue weighted by Gasteiger charge is -2.20. The number of rotatable bonds is 10. The standard InChI is InChI=1S/C17H24N4O6/c1-9(20-16(25)12(18)6-7-14(19)23)15(24)21-13(17(26)27)8-10-2-4-11(22)5-3-10/h2-5,9,12-13,22H,6-8,18H2,1H3,(H2,19,23)(H,20,25)(H,21,24)(H,26,27)/t9-,12-,13-/m0/s1. The second-order valence-corrected chi connectivity index (χ2v) is 6.11. The van der Waals surface area contributed by atoms with E-state index in [9.17, 15) is 29.4 Å². The largest absolute Gasteiger partial charge is 0.508 e. The van der Waals surface area contributed by atoms with Gasteiger partial charge >= 0.3 is 5.97 Å². The molecule has 3 atom stereocenters. The highest BCUT2D eigenvalue weighted by Gasteiger charge is 2.25. The van der Waals surface area contributed by atoms with Crippen molar-refractivity contribution in [2.75, 3.05) is 0 Å². The summed E-state index contributed by atoms with van der Waals surface area (Å²) < 4.78 is 0. The number of benzene rings is 1. The zero-order valence-electron chi connectivity index (χ0n) is 14.8. The first kappa shape index (κ1) is 21.9. The third-order valence-corrected chi connectivity index (χ3v) is 3.78. The van der Waals surface area contributed by atoms with Crippen molar-refractivity contribution in [3.63, 3.8) is 0 Å². The maximum Gasteiger partial charge on any atom is 0.326 e. The number of carboxylic acids is 1. The molecule has 0 aliphatic heterocycles. The molecule has 3 amide bonds. The van der Waals surface area contributed by atoms with Gasteiger partial charge in [0.2, 0.25) is 17.7 Å². The molecule has 0 fully saturated rings. The van der Waals surface area contributed by atoms with E-state index in [2.05, 4.69) is 10.6 Å². The first-order chi connectivity index (χ1) is 12.6. The Morgan fingerprint density at radius 3 is 2.19 bits per heavy atom. The number of carbonyl (C=O) groups is 4. The van der Waals surface area contributed by atoms with Gasteiger partial charge in [-0.3, -0.25) is 14.4 Å². The Morgan fingerprint density at radius 2 is 1.67 bits per heavy atom. The van der Waals surface area contributed by atoms with Crippen molar-refractivity contribution in [3.8, 4) is 5.75 Å². The predicted octanol–water partition coefficient (Wildman–Crippen LogP) is -1.40. The first-order valence-corrected chi connectivity index (χ1v) is 8.25. The molecule has 148 valence electrons. The summed E-state index contributed by atoms with van der Waals surface area (Å²) in [5.41, 5.74) is 11.2. The molecule has 27 heavy (non-hydrogen) atoms. The van der Waals surface area contributed by atoms with E-state index >= 15 is 0 Å². The smallest absolute Gasteiger partial charge is 0.326 e. The minimum absolute atomic E-state index is 0.000144. The van der Waals surface area contributed by atoms with Crippen LogP contribution in [0, 0.1) is 0 Å². The van der Waals surface area contributed by atoms with Crippen LogP contribution in [0.25, 0.3) is 0 Å². The van der Waals surface area contributed by atoms with Crippen molar-refractivity contribution in [3.05, 3.63) is 29.8 Å². The van der Waals surface area contributed by atoms with E-state index in [1.165, 1.54) is 19.1 Å². The number of aliphatic carboxylic acids is 1. The molecule has 1 aromatic carbocycles. The number of amides is 3. The second-order valence-electron chi connectivity index (χ2n) is 6.11. The van der Waals surface area contributed by atoms with Crippen LogP contribution in [0.4, 0.5) is 0 Å². The summed E-state index contributed by atoms with van der Waals surface area (Å²) in [5, 5.41) is 23.3. The van der Waals surface area contributed by atoms with Gasteiger partial charge in [0.15, 0.2) is 0 Å². The van der Waals surface area contributed by atoms with E-state index in [0.29, 0.717) is 5.56 Å². The average Bonchev–Trinajstić information content (AvgIpc) is 2.60. The molecule has 0 aliphatic carbocycles. The molecule has 10 nitrogen and oxygen atoms in total. The van der Waals surface area contributed by atoms with Crippen LogP contribution in [0.1, 0.15) is 25.3 Å². The molecule has 0 heterocycles. The van der Waals surface area contributed by atoms with Crippen molar-refractivity contribution in [2.45, 2.75) is 44.3 Å². The summed E-state index contributed by atoms with van der Waals surface area (Å²) in [6.07, 6.45) is -0.0306. The molecule has 0 bridgehead atoms. The highest BCUT2D eigenvalue weighted by Crippen LogP contribution is 2.11. The lowest BCUT2D eigenvalue weighted by molar-refractivity contribution is -0.142. The van der Waals surface area contributed by atoms with Crippen LogP contribution in [0.15, 0.2) is 24.3 Å². The lowest BCUT2D eigenvalue weighted by atomic mass is 10.1. The zero-order valence-corrected chi connectivity index (χ0v) is 14.8. The minimum atomic E-state index is -1.24. The van der Waals surface area contributed by atoms with E-state index in [4.69, 9.17) is 11.5 Å². The second kappa shape index (κ2) is 10.1. The molecule has 0 spiro atoms. The predicted molar refractivity (Wildman–Crippen MR) is 95.4 cm³/mol. The van der Waals surface area contributed by atoms with Crippen LogP contribution >= 0.6 is 0 Å². The van der Waals surface area contributed by atoms with E-state index in [1.807, 2.05) is 0 Å². The van der Waals surface area contributed by atoms with Gasteiger partial charge in [-0.05, 0) is 31.0 Å². The van der Waals surface area contributed by atoms with E-state index in [0.717, 1.165) is 0 Å². The van der Waals surface area contributed by atoms with Crippen LogP contribution in [0.2, 0.25) is 0 Å². The fraction of sp³-hybridized carbons (Fsp3) is 0.412. The Morgan fingerprint density at radius 1 is 1.07 bits per heavy atom.